The lowest BCUT2D eigenvalue weighted by Gasteiger charge is -2.43. The third kappa shape index (κ3) is 9.57. The predicted octanol–water partition coefficient (Wildman–Crippen LogP) is 0.588. The smallest absolute Gasteiger partial charge is 0.303 e. The quantitative estimate of drug-likeness (QED) is 0.302. The lowest BCUT2D eigenvalue weighted by Crippen LogP contribution is -2.60. The molecule has 34 heavy (non-hydrogen) atoms. The minimum atomic E-state index is -1.54. The number of rotatable bonds is 10. The Morgan fingerprint density at radius 1 is 0.765 bits per heavy atom. The second-order valence-electron chi connectivity index (χ2n) is 7.50. The van der Waals surface area contributed by atoms with Crippen molar-refractivity contribution < 1.29 is 52.5 Å². The van der Waals surface area contributed by atoms with Gasteiger partial charge in [0.05, 0.1) is 0 Å². The molecule has 192 valence electrons. The summed E-state index contributed by atoms with van der Waals surface area (Å²) in [5.74, 6) is -3.59. The van der Waals surface area contributed by atoms with Crippen LogP contribution in [0.5, 0.6) is 0 Å². The van der Waals surface area contributed by atoms with Gasteiger partial charge in [-0.2, -0.15) is 0 Å². The number of hydrogen-bond donors (Lipinski definition) is 0. The number of nitrogens with zero attached hydrogens (tertiary/aromatic N) is 1. The molecule has 0 aliphatic carbocycles. The molecule has 1 aliphatic rings. The van der Waals surface area contributed by atoms with Crippen molar-refractivity contribution >= 4 is 47.5 Å². The van der Waals surface area contributed by atoms with Crippen molar-refractivity contribution in [2.24, 2.45) is 0 Å². The highest BCUT2D eigenvalue weighted by molar-refractivity contribution is 7.99. The molecule has 0 radical (unpaired) electrons. The Morgan fingerprint density at radius 3 is 1.76 bits per heavy atom. The maximum Gasteiger partial charge on any atom is 0.303 e. The minimum absolute atomic E-state index is 0.309. The summed E-state index contributed by atoms with van der Waals surface area (Å²) < 4.78 is 26.5. The van der Waals surface area contributed by atoms with E-state index < -0.39 is 66.2 Å². The second-order valence-corrected chi connectivity index (χ2v) is 8.72. The molecule has 1 aliphatic heterocycles. The van der Waals surface area contributed by atoms with Crippen LogP contribution in [-0.4, -0.2) is 89.3 Å². The Kier molecular flexibility index (Phi) is 11.8. The molecule has 0 N–H and O–H groups in total. The minimum Gasteiger partial charge on any atom is -0.462 e. The maximum atomic E-state index is 12.3. The third-order valence-corrected chi connectivity index (χ3v) is 5.90. The maximum absolute atomic E-state index is 12.3. The van der Waals surface area contributed by atoms with E-state index in [1.807, 2.05) is 0 Å². The average Bonchev–Trinajstić information content (AvgIpc) is 2.71. The van der Waals surface area contributed by atoms with Crippen molar-refractivity contribution in [3.8, 4) is 0 Å². The van der Waals surface area contributed by atoms with Crippen LogP contribution < -0.4 is 0 Å². The molecule has 1 unspecified atom stereocenters. The zero-order chi connectivity index (χ0) is 26.0. The van der Waals surface area contributed by atoms with Gasteiger partial charge >= 0.3 is 29.8 Å². The summed E-state index contributed by atoms with van der Waals surface area (Å²) in [5.41, 5.74) is 0. The van der Waals surface area contributed by atoms with E-state index in [4.69, 9.17) is 23.7 Å². The van der Waals surface area contributed by atoms with Crippen molar-refractivity contribution in [3.05, 3.63) is 0 Å². The molecule has 1 amide bonds. The van der Waals surface area contributed by atoms with Crippen molar-refractivity contribution in [1.29, 1.82) is 0 Å². The summed E-state index contributed by atoms with van der Waals surface area (Å²) in [6, 6.07) is 0. The topological polar surface area (TPSA) is 152 Å². The molecule has 0 spiro atoms. The van der Waals surface area contributed by atoms with Gasteiger partial charge in [0.25, 0.3) is 0 Å². The molecule has 1 fully saturated rings. The molecule has 1 heterocycles. The van der Waals surface area contributed by atoms with Crippen LogP contribution in [0, 0.1) is 0 Å². The van der Waals surface area contributed by atoms with Crippen molar-refractivity contribution in [1.82, 2.24) is 4.90 Å². The van der Waals surface area contributed by atoms with Gasteiger partial charge in [-0.25, -0.2) is 0 Å². The summed E-state index contributed by atoms with van der Waals surface area (Å²) >= 11 is 1.29. The first-order valence-electron chi connectivity index (χ1n) is 10.5. The average molecular weight is 506 g/mol. The summed E-state index contributed by atoms with van der Waals surface area (Å²) in [4.78, 5) is 73.0. The highest BCUT2D eigenvalue weighted by Gasteiger charge is 2.49. The van der Waals surface area contributed by atoms with Crippen molar-refractivity contribution in [2.45, 2.75) is 77.8 Å². The van der Waals surface area contributed by atoms with Gasteiger partial charge in [-0.15, -0.1) is 11.8 Å². The van der Waals surface area contributed by atoms with Crippen LogP contribution in [0.25, 0.3) is 0 Å². The van der Waals surface area contributed by atoms with Gasteiger partial charge in [0.2, 0.25) is 5.91 Å². The van der Waals surface area contributed by atoms with Gasteiger partial charge in [0.1, 0.15) is 12.0 Å². The van der Waals surface area contributed by atoms with Crippen LogP contribution in [0.1, 0.15) is 48.0 Å². The van der Waals surface area contributed by atoms with E-state index in [0.29, 0.717) is 18.7 Å². The largest absolute Gasteiger partial charge is 0.462 e. The van der Waals surface area contributed by atoms with E-state index in [2.05, 4.69) is 0 Å². The predicted molar refractivity (Wildman–Crippen MR) is 117 cm³/mol. The van der Waals surface area contributed by atoms with Gasteiger partial charge in [0.15, 0.2) is 24.4 Å². The molecule has 1 saturated heterocycles. The lowest BCUT2D eigenvalue weighted by atomic mass is 10.0. The number of carbonyl (C=O) groups excluding carboxylic acids is 6. The van der Waals surface area contributed by atoms with Crippen LogP contribution in [0.2, 0.25) is 0 Å². The summed E-state index contributed by atoms with van der Waals surface area (Å²) in [6.07, 6.45) is -5.09. The molecule has 0 aromatic rings. The molecule has 12 nitrogen and oxygen atoms in total. The first-order chi connectivity index (χ1) is 15.8. The molecule has 0 aromatic carbocycles. The zero-order valence-corrected chi connectivity index (χ0v) is 20.9. The Balaban J connectivity index is 3.60. The lowest BCUT2D eigenvalue weighted by molar-refractivity contribution is -0.205. The number of hydrogen-bond acceptors (Lipinski definition) is 12. The molecule has 13 heteroatoms. The molecule has 0 bridgehead atoms. The van der Waals surface area contributed by atoms with Crippen LogP contribution in [0.3, 0.4) is 0 Å². The summed E-state index contributed by atoms with van der Waals surface area (Å²) in [5, 5.41) is -0.802. The van der Waals surface area contributed by atoms with Gasteiger partial charge in [-0.05, 0) is 12.2 Å². The van der Waals surface area contributed by atoms with E-state index >= 15 is 0 Å². The van der Waals surface area contributed by atoms with Gasteiger partial charge in [0, 0.05) is 48.1 Å². The van der Waals surface area contributed by atoms with Crippen molar-refractivity contribution in [2.75, 3.05) is 18.9 Å². The first kappa shape index (κ1) is 29.2. The molecule has 5 atom stereocenters. The highest BCUT2D eigenvalue weighted by atomic mass is 32.2. The van der Waals surface area contributed by atoms with Gasteiger partial charge in [-0.3, -0.25) is 28.8 Å². The third-order valence-electron chi connectivity index (χ3n) is 4.51. The fraction of sp³-hybridized carbons (Fsp3) is 0.714. The molecule has 0 saturated carbocycles. The standard InChI is InChI=1S/C21H31NO11S/c1-11(23)22-8-7-9-34-21(22)20(33-16(6)28)19(32-15(5)27)18(31-14(4)26)17(30-13(3)25)10-29-12(2)24/h17-21H,7-10H2,1-6H3/t17-,18+,19+,20+,21?/m0/s1. The van der Waals surface area contributed by atoms with Crippen LogP contribution in [0.15, 0.2) is 0 Å². The number of amides is 1. The van der Waals surface area contributed by atoms with E-state index in [1.165, 1.54) is 23.6 Å². The number of carbonyl (C=O) groups is 6. The molecule has 1 rings (SSSR count). The fourth-order valence-corrected chi connectivity index (χ4v) is 4.78. The monoisotopic (exact) mass is 505 g/mol. The SMILES string of the molecule is CC(=O)OC[C@H](OC(C)=O)[C@@H](OC(C)=O)[C@@H](OC(C)=O)[C@@H](OC(C)=O)C1SCCCN1C(C)=O. The molecular formula is C21H31NO11S. The molecular weight excluding hydrogens is 474 g/mol. The number of esters is 5. The van der Waals surface area contributed by atoms with Crippen molar-refractivity contribution in [3.63, 3.8) is 0 Å². The van der Waals surface area contributed by atoms with Gasteiger partial charge in [-0.1, -0.05) is 0 Å². The first-order valence-corrected chi connectivity index (χ1v) is 11.6. The van der Waals surface area contributed by atoms with E-state index in [-0.39, 0.29) is 5.91 Å². The molecule has 0 aromatic heterocycles. The normalized spacial score (nSPS) is 19.0. The van der Waals surface area contributed by atoms with E-state index in [1.54, 1.807) is 0 Å². The van der Waals surface area contributed by atoms with Crippen LogP contribution in [0.4, 0.5) is 0 Å². The highest BCUT2D eigenvalue weighted by Crippen LogP contribution is 2.32. The van der Waals surface area contributed by atoms with E-state index in [0.717, 1.165) is 34.6 Å². The Labute approximate surface area is 201 Å². The Bertz CT molecular complexity index is 787. The second kappa shape index (κ2) is 13.8. The summed E-state index contributed by atoms with van der Waals surface area (Å²) in [6.45, 7) is 6.68. The Morgan fingerprint density at radius 2 is 1.29 bits per heavy atom. The van der Waals surface area contributed by atoms with E-state index in [9.17, 15) is 28.8 Å². The van der Waals surface area contributed by atoms with Gasteiger partial charge < -0.3 is 28.6 Å². The Hall–Kier alpha value is -2.83. The number of ether oxygens (including phenoxy) is 5. The fourth-order valence-electron chi connectivity index (χ4n) is 3.41. The van der Waals surface area contributed by atoms with Crippen LogP contribution in [-0.2, 0) is 52.5 Å². The number of thioether (sulfide) groups is 1. The summed E-state index contributed by atoms with van der Waals surface area (Å²) in [7, 11) is 0. The van der Waals surface area contributed by atoms with Crippen LogP contribution >= 0.6 is 11.8 Å². The zero-order valence-electron chi connectivity index (χ0n) is 20.1.